The minimum atomic E-state index is -1.08. The van der Waals surface area contributed by atoms with E-state index >= 15 is 0 Å². The van der Waals surface area contributed by atoms with Gasteiger partial charge in [0.15, 0.2) is 6.10 Å². The normalized spacial score (nSPS) is 26.3. The quantitative estimate of drug-likeness (QED) is 0.438. The molecule has 0 aromatic heterocycles. The van der Waals surface area contributed by atoms with E-state index in [-0.39, 0.29) is 16.5 Å². The molecular formula is C24H20N2O6. The summed E-state index contributed by atoms with van der Waals surface area (Å²) in [5, 5.41) is 23.4. The zero-order valence-corrected chi connectivity index (χ0v) is 16.9. The van der Waals surface area contributed by atoms with Gasteiger partial charge in [-0.2, -0.15) is 0 Å². The molecule has 0 amide bonds. The highest BCUT2D eigenvalue weighted by Gasteiger charge is 2.55. The monoisotopic (exact) mass is 432 g/mol. The Hall–Kier alpha value is -3.78. The fourth-order valence-corrected chi connectivity index (χ4v) is 4.86. The third-order valence-corrected chi connectivity index (χ3v) is 6.30. The predicted octanol–water partition coefficient (Wildman–Crippen LogP) is 4.67. The second-order valence-electron chi connectivity index (χ2n) is 8.08. The molecule has 162 valence electrons. The van der Waals surface area contributed by atoms with Gasteiger partial charge < -0.3 is 9.47 Å². The van der Waals surface area contributed by atoms with Crippen LogP contribution in [-0.4, -0.2) is 22.2 Å². The molecule has 5 atom stereocenters. The number of nitro groups is 2. The smallest absolute Gasteiger partial charge is 0.269 e. The van der Waals surface area contributed by atoms with Crippen molar-refractivity contribution < 1.29 is 19.3 Å². The lowest BCUT2D eigenvalue weighted by Crippen LogP contribution is -2.53. The standard InChI is InChI=1S/C24H20N2O6/c27-25(28)18-12-10-16(11-13-18)23-22(26(29)30)21(15-6-2-1-3-7-15)19-14-17-8-4-5-9-20(17)31-24(19)32-23/h1-13,19,21-24H,14H2/t19-,21-,22+,23-,24+/m1/s1. The van der Waals surface area contributed by atoms with Crippen LogP contribution in [0, 0.1) is 26.1 Å². The highest BCUT2D eigenvalue weighted by molar-refractivity contribution is 5.39. The molecule has 0 aliphatic carbocycles. The molecule has 8 nitrogen and oxygen atoms in total. The van der Waals surface area contributed by atoms with Crippen molar-refractivity contribution in [1.29, 1.82) is 0 Å². The average Bonchev–Trinajstić information content (AvgIpc) is 2.82. The average molecular weight is 432 g/mol. The van der Waals surface area contributed by atoms with Gasteiger partial charge in [0.1, 0.15) is 5.75 Å². The van der Waals surface area contributed by atoms with Crippen LogP contribution in [0.15, 0.2) is 78.9 Å². The number of hydrogen-bond acceptors (Lipinski definition) is 6. The van der Waals surface area contributed by atoms with Crippen molar-refractivity contribution in [1.82, 2.24) is 0 Å². The van der Waals surface area contributed by atoms with E-state index in [1.165, 1.54) is 24.3 Å². The van der Waals surface area contributed by atoms with Crippen LogP contribution >= 0.6 is 0 Å². The number of para-hydroxylation sites is 1. The third kappa shape index (κ3) is 3.48. The molecule has 0 radical (unpaired) electrons. The van der Waals surface area contributed by atoms with Crippen molar-refractivity contribution in [3.63, 3.8) is 0 Å². The minimum absolute atomic E-state index is 0.0810. The SMILES string of the molecule is O=[N+]([O-])c1ccc([C@H]2O[C@@H]3Oc4ccccc4C[C@@H]3[C@@H](c3ccccc3)[C@@H]2[N+](=O)[O-])cc1. The predicted molar refractivity (Wildman–Crippen MR) is 115 cm³/mol. The molecule has 3 aromatic rings. The highest BCUT2D eigenvalue weighted by Crippen LogP contribution is 2.49. The maximum atomic E-state index is 12.4. The van der Waals surface area contributed by atoms with Crippen LogP contribution in [0.3, 0.4) is 0 Å². The lowest BCUT2D eigenvalue weighted by Gasteiger charge is -2.45. The van der Waals surface area contributed by atoms with E-state index in [1.54, 1.807) is 0 Å². The van der Waals surface area contributed by atoms with E-state index in [9.17, 15) is 20.2 Å². The van der Waals surface area contributed by atoms with Gasteiger partial charge in [-0.05, 0) is 41.3 Å². The first-order valence-electron chi connectivity index (χ1n) is 10.4. The van der Waals surface area contributed by atoms with E-state index in [4.69, 9.17) is 9.47 Å². The molecular weight excluding hydrogens is 412 g/mol. The van der Waals surface area contributed by atoms with E-state index in [1.807, 2.05) is 54.6 Å². The summed E-state index contributed by atoms with van der Waals surface area (Å²) in [7, 11) is 0. The Bertz CT molecular complexity index is 1150. The van der Waals surface area contributed by atoms with Crippen molar-refractivity contribution in [3.8, 4) is 5.75 Å². The first-order valence-corrected chi connectivity index (χ1v) is 10.4. The van der Waals surface area contributed by atoms with Crippen LogP contribution < -0.4 is 4.74 Å². The molecule has 1 saturated heterocycles. The summed E-state index contributed by atoms with van der Waals surface area (Å²) >= 11 is 0. The molecule has 2 aliphatic rings. The van der Waals surface area contributed by atoms with Crippen LogP contribution in [0.1, 0.15) is 28.7 Å². The van der Waals surface area contributed by atoms with E-state index in [0.29, 0.717) is 17.7 Å². The molecule has 2 heterocycles. The van der Waals surface area contributed by atoms with Crippen LogP contribution in [0.4, 0.5) is 5.69 Å². The largest absolute Gasteiger partial charge is 0.464 e. The summed E-state index contributed by atoms with van der Waals surface area (Å²) in [4.78, 5) is 22.7. The van der Waals surface area contributed by atoms with E-state index < -0.39 is 29.3 Å². The summed E-state index contributed by atoms with van der Waals surface area (Å²) in [5.74, 6) is -0.00180. The van der Waals surface area contributed by atoms with Crippen molar-refractivity contribution in [3.05, 3.63) is 116 Å². The number of rotatable bonds is 4. The van der Waals surface area contributed by atoms with Crippen LogP contribution in [0.5, 0.6) is 5.75 Å². The number of ether oxygens (including phenoxy) is 2. The Morgan fingerprint density at radius 1 is 0.812 bits per heavy atom. The maximum Gasteiger partial charge on any atom is 0.269 e. The molecule has 0 saturated carbocycles. The van der Waals surface area contributed by atoms with Gasteiger partial charge in [0.05, 0.1) is 10.8 Å². The van der Waals surface area contributed by atoms with E-state index in [0.717, 1.165) is 11.1 Å². The topological polar surface area (TPSA) is 105 Å². The molecule has 3 aromatic carbocycles. The molecule has 8 heteroatoms. The molecule has 0 unspecified atom stereocenters. The molecule has 1 fully saturated rings. The number of nitrogens with zero attached hydrogens (tertiary/aromatic N) is 2. The number of fused-ring (bicyclic) bond motifs is 2. The number of hydrogen-bond donors (Lipinski definition) is 0. The molecule has 2 aliphatic heterocycles. The van der Waals surface area contributed by atoms with Crippen molar-refractivity contribution in [2.75, 3.05) is 0 Å². The Morgan fingerprint density at radius 2 is 1.50 bits per heavy atom. The molecule has 0 spiro atoms. The summed E-state index contributed by atoms with van der Waals surface area (Å²) in [6.45, 7) is 0. The number of non-ortho nitro benzene ring substituents is 1. The molecule has 32 heavy (non-hydrogen) atoms. The molecule has 0 bridgehead atoms. The second-order valence-corrected chi connectivity index (χ2v) is 8.08. The van der Waals surface area contributed by atoms with Crippen LogP contribution in [0.2, 0.25) is 0 Å². The van der Waals surface area contributed by atoms with Crippen molar-refractivity contribution in [2.45, 2.75) is 30.8 Å². The van der Waals surface area contributed by atoms with Gasteiger partial charge in [-0.1, -0.05) is 48.5 Å². The Kier molecular flexibility index (Phi) is 5.07. The summed E-state index contributed by atoms with van der Waals surface area (Å²) in [6, 6.07) is 21.7. The lowest BCUT2D eigenvalue weighted by molar-refractivity contribution is -0.554. The second kappa shape index (κ2) is 8.05. The minimum Gasteiger partial charge on any atom is -0.464 e. The van der Waals surface area contributed by atoms with Gasteiger partial charge >= 0.3 is 0 Å². The molecule has 0 N–H and O–H groups in total. The number of nitro benzene ring substituents is 1. The van der Waals surface area contributed by atoms with Gasteiger partial charge in [0, 0.05) is 23.0 Å². The highest BCUT2D eigenvalue weighted by atomic mass is 16.7. The Labute approximate surface area is 183 Å². The Morgan fingerprint density at radius 3 is 2.19 bits per heavy atom. The van der Waals surface area contributed by atoms with Crippen LogP contribution in [0.25, 0.3) is 0 Å². The fraction of sp³-hybridized carbons (Fsp3) is 0.250. The zero-order valence-electron chi connectivity index (χ0n) is 16.9. The zero-order chi connectivity index (χ0) is 22.2. The first kappa shape index (κ1) is 20.1. The maximum absolute atomic E-state index is 12.4. The van der Waals surface area contributed by atoms with Crippen molar-refractivity contribution in [2.24, 2.45) is 5.92 Å². The molecule has 5 rings (SSSR count). The van der Waals surface area contributed by atoms with E-state index in [2.05, 4.69) is 0 Å². The summed E-state index contributed by atoms with van der Waals surface area (Å²) in [5.41, 5.74) is 2.28. The van der Waals surface area contributed by atoms with Gasteiger partial charge in [0.2, 0.25) is 12.3 Å². The summed E-state index contributed by atoms with van der Waals surface area (Å²) in [6.07, 6.45) is -0.994. The number of benzene rings is 3. The van der Waals surface area contributed by atoms with Crippen LogP contribution in [-0.2, 0) is 11.2 Å². The third-order valence-electron chi connectivity index (χ3n) is 6.30. The fourth-order valence-electron chi connectivity index (χ4n) is 4.86. The van der Waals surface area contributed by atoms with Gasteiger partial charge in [-0.25, -0.2) is 0 Å². The first-order chi connectivity index (χ1) is 15.5. The Balaban J connectivity index is 1.61. The van der Waals surface area contributed by atoms with Gasteiger partial charge in [-0.15, -0.1) is 0 Å². The lowest BCUT2D eigenvalue weighted by atomic mass is 9.72. The van der Waals surface area contributed by atoms with Gasteiger partial charge in [-0.3, -0.25) is 20.2 Å². The summed E-state index contributed by atoms with van der Waals surface area (Å²) < 4.78 is 12.4. The van der Waals surface area contributed by atoms with Crippen molar-refractivity contribution >= 4 is 5.69 Å². The van der Waals surface area contributed by atoms with Gasteiger partial charge in [0.25, 0.3) is 5.69 Å².